The molecule has 3 aromatic rings. The summed E-state index contributed by atoms with van der Waals surface area (Å²) in [4.78, 5) is 25.0. The lowest BCUT2D eigenvalue weighted by Gasteiger charge is -2.15. The van der Waals surface area contributed by atoms with E-state index in [0.717, 1.165) is 11.1 Å². The number of Topliss-reactive ketones (excluding diaryl/α,β-unsaturated/α-hetero) is 1. The van der Waals surface area contributed by atoms with Gasteiger partial charge >= 0.3 is 0 Å². The summed E-state index contributed by atoms with van der Waals surface area (Å²) in [6, 6.07) is 16.9. The Labute approximate surface area is 160 Å². The molecule has 3 nitrogen and oxygen atoms in total. The molecule has 1 aliphatic carbocycles. The second kappa shape index (κ2) is 6.97. The molecule has 27 heavy (non-hydrogen) atoms. The summed E-state index contributed by atoms with van der Waals surface area (Å²) < 4.78 is 13.9. The van der Waals surface area contributed by atoms with Crippen molar-refractivity contribution in [1.82, 2.24) is 0 Å². The minimum Gasteiger partial charge on any atom is -0.321 e. The first-order chi connectivity index (χ1) is 13.1. The van der Waals surface area contributed by atoms with Crippen molar-refractivity contribution in [3.05, 3.63) is 88.2 Å². The Balaban J connectivity index is 1.78. The van der Waals surface area contributed by atoms with Gasteiger partial charge in [-0.05, 0) is 41.8 Å². The van der Waals surface area contributed by atoms with Gasteiger partial charge in [-0.2, -0.15) is 0 Å². The van der Waals surface area contributed by atoms with Gasteiger partial charge in [0.2, 0.25) is 0 Å². The van der Waals surface area contributed by atoms with Crippen LogP contribution in [-0.4, -0.2) is 11.7 Å². The predicted molar refractivity (Wildman–Crippen MR) is 104 cm³/mol. The summed E-state index contributed by atoms with van der Waals surface area (Å²) in [5, 5.41) is 2.85. The Kier molecular flexibility index (Phi) is 4.50. The molecule has 0 spiro atoms. The van der Waals surface area contributed by atoms with E-state index in [2.05, 4.69) is 5.32 Å². The number of hydrogen-bond acceptors (Lipinski definition) is 2. The normalized spacial score (nSPS) is 12.7. The zero-order chi connectivity index (χ0) is 19.0. The number of amides is 1. The van der Waals surface area contributed by atoms with Gasteiger partial charge in [-0.3, -0.25) is 9.59 Å². The van der Waals surface area contributed by atoms with E-state index in [1.807, 2.05) is 6.07 Å². The topological polar surface area (TPSA) is 46.2 Å². The molecule has 0 saturated heterocycles. The first-order valence-electron chi connectivity index (χ1n) is 8.56. The van der Waals surface area contributed by atoms with Crippen LogP contribution in [0.4, 0.5) is 10.1 Å². The molecule has 0 radical (unpaired) electrons. The Morgan fingerprint density at radius 3 is 2.48 bits per heavy atom. The van der Waals surface area contributed by atoms with Gasteiger partial charge in [-0.15, -0.1) is 0 Å². The molecule has 0 fully saturated rings. The number of carbonyl (C=O) groups is 2. The van der Waals surface area contributed by atoms with E-state index in [0.29, 0.717) is 35.2 Å². The Bertz CT molecular complexity index is 1060. The molecule has 1 amide bonds. The second-order valence-electron chi connectivity index (χ2n) is 6.36. The number of anilines is 1. The van der Waals surface area contributed by atoms with Crippen LogP contribution in [0.15, 0.2) is 60.7 Å². The van der Waals surface area contributed by atoms with Crippen molar-refractivity contribution >= 4 is 29.0 Å². The number of carbonyl (C=O) groups excluding carboxylic acids is 2. The zero-order valence-corrected chi connectivity index (χ0v) is 15.0. The lowest BCUT2D eigenvalue weighted by Crippen LogP contribution is -2.14. The van der Waals surface area contributed by atoms with E-state index < -0.39 is 5.82 Å². The lowest BCUT2D eigenvalue weighted by atomic mass is 9.95. The minimum absolute atomic E-state index is 0.0279. The molecule has 134 valence electrons. The Morgan fingerprint density at radius 1 is 0.926 bits per heavy atom. The van der Waals surface area contributed by atoms with E-state index in [-0.39, 0.29) is 16.7 Å². The molecule has 0 saturated carbocycles. The third-order valence-electron chi connectivity index (χ3n) is 4.72. The van der Waals surface area contributed by atoms with Gasteiger partial charge in [0, 0.05) is 23.1 Å². The van der Waals surface area contributed by atoms with E-state index >= 15 is 0 Å². The minimum atomic E-state index is -0.506. The van der Waals surface area contributed by atoms with Crippen molar-refractivity contribution in [3.63, 3.8) is 0 Å². The van der Waals surface area contributed by atoms with Crippen LogP contribution < -0.4 is 5.32 Å². The fourth-order valence-corrected chi connectivity index (χ4v) is 3.67. The molecule has 0 heterocycles. The van der Waals surface area contributed by atoms with Gasteiger partial charge in [0.15, 0.2) is 5.78 Å². The summed E-state index contributed by atoms with van der Waals surface area (Å²) in [5.74, 6) is -0.828. The fraction of sp³-hybridized carbons (Fsp3) is 0.0909. The molecule has 5 heteroatoms. The van der Waals surface area contributed by atoms with Gasteiger partial charge in [0.25, 0.3) is 5.91 Å². The van der Waals surface area contributed by atoms with E-state index in [1.165, 1.54) is 6.07 Å². The van der Waals surface area contributed by atoms with E-state index in [1.54, 1.807) is 48.5 Å². The fourth-order valence-electron chi connectivity index (χ4n) is 3.44. The molecule has 0 aromatic heterocycles. The summed E-state index contributed by atoms with van der Waals surface area (Å²) in [6.45, 7) is 0. The van der Waals surface area contributed by atoms with Crippen molar-refractivity contribution in [3.8, 4) is 11.1 Å². The van der Waals surface area contributed by atoms with Crippen LogP contribution in [0.3, 0.4) is 0 Å². The first-order valence-corrected chi connectivity index (χ1v) is 8.94. The third-order valence-corrected chi connectivity index (χ3v) is 5.10. The van der Waals surface area contributed by atoms with Crippen molar-refractivity contribution < 1.29 is 14.0 Å². The Morgan fingerprint density at radius 2 is 1.70 bits per heavy atom. The number of hydrogen-bond donors (Lipinski definition) is 1. The van der Waals surface area contributed by atoms with Crippen LogP contribution in [0.1, 0.15) is 32.7 Å². The monoisotopic (exact) mass is 379 g/mol. The van der Waals surface area contributed by atoms with Crippen molar-refractivity contribution in [2.24, 2.45) is 0 Å². The number of halogens is 2. The van der Waals surface area contributed by atoms with Crippen LogP contribution in [0.25, 0.3) is 11.1 Å². The van der Waals surface area contributed by atoms with Crippen molar-refractivity contribution in [2.75, 3.05) is 5.32 Å². The van der Waals surface area contributed by atoms with Crippen LogP contribution in [-0.2, 0) is 6.42 Å². The lowest BCUT2D eigenvalue weighted by molar-refractivity contribution is 0.0995. The van der Waals surface area contributed by atoms with E-state index in [4.69, 9.17) is 11.6 Å². The van der Waals surface area contributed by atoms with E-state index in [9.17, 15) is 14.0 Å². The number of fused-ring (bicyclic) bond motifs is 1. The molecule has 0 atom stereocenters. The molecule has 0 aliphatic heterocycles. The molecule has 0 unspecified atom stereocenters. The number of ketones is 1. The largest absolute Gasteiger partial charge is 0.321 e. The van der Waals surface area contributed by atoms with Gasteiger partial charge in [0.1, 0.15) is 5.82 Å². The summed E-state index contributed by atoms with van der Waals surface area (Å²) in [6.07, 6.45) is 0.888. The zero-order valence-electron chi connectivity index (χ0n) is 14.3. The maximum atomic E-state index is 13.9. The highest BCUT2D eigenvalue weighted by atomic mass is 35.5. The summed E-state index contributed by atoms with van der Waals surface area (Å²) in [5.41, 5.74) is 3.52. The molecule has 1 N–H and O–H groups in total. The van der Waals surface area contributed by atoms with Gasteiger partial charge in [0.05, 0.1) is 10.7 Å². The summed E-state index contributed by atoms with van der Waals surface area (Å²) >= 11 is 6.14. The molecule has 0 bridgehead atoms. The average Bonchev–Trinajstić information content (AvgIpc) is 3.07. The van der Waals surface area contributed by atoms with Gasteiger partial charge < -0.3 is 5.32 Å². The Hall–Kier alpha value is -2.98. The highest BCUT2D eigenvalue weighted by Crippen LogP contribution is 2.40. The quantitative estimate of drug-likeness (QED) is 0.650. The summed E-state index contributed by atoms with van der Waals surface area (Å²) in [7, 11) is 0. The number of nitrogens with one attached hydrogen (secondary N) is 1. The molecule has 4 rings (SSSR count). The number of rotatable bonds is 3. The van der Waals surface area contributed by atoms with Crippen LogP contribution in [0.2, 0.25) is 5.02 Å². The second-order valence-corrected chi connectivity index (χ2v) is 6.74. The van der Waals surface area contributed by atoms with Crippen LogP contribution in [0.5, 0.6) is 0 Å². The van der Waals surface area contributed by atoms with Crippen LogP contribution >= 0.6 is 11.6 Å². The standard InChI is InChI=1S/C22H15ClFNO2/c23-21-16(7-4-8-17(21)24)14-9-11-18(20-15(14)10-12-19(20)26)25-22(27)13-5-2-1-3-6-13/h1-9,11H,10,12H2,(H,25,27). The maximum absolute atomic E-state index is 13.9. The maximum Gasteiger partial charge on any atom is 0.255 e. The first kappa shape index (κ1) is 17.4. The highest BCUT2D eigenvalue weighted by molar-refractivity contribution is 6.33. The smallest absolute Gasteiger partial charge is 0.255 e. The predicted octanol–water partition coefficient (Wildman–Crippen LogP) is 5.53. The molecular formula is C22H15ClFNO2. The molecule has 3 aromatic carbocycles. The van der Waals surface area contributed by atoms with Crippen molar-refractivity contribution in [1.29, 1.82) is 0 Å². The van der Waals surface area contributed by atoms with Gasteiger partial charge in [-0.25, -0.2) is 4.39 Å². The van der Waals surface area contributed by atoms with Gasteiger partial charge in [-0.1, -0.05) is 48.0 Å². The SMILES string of the molecule is O=C(Nc1ccc(-c2cccc(F)c2Cl)c2c1C(=O)CC2)c1ccccc1. The van der Waals surface area contributed by atoms with Crippen molar-refractivity contribution in [2.45, 2.75) is 12.8 Å². The average molecular weight is 380 g/mol. The third kappa shape index (κ3) is 3.13. The van der Waals surface area contributed by atoms with Crippen LogP contribution in [0, 0.1) is 5.82 Å². The highest BCUT2D eigenvalue weighted by Gasteiger charge is 2.28. The molecular weight excluding hydrogens is 365 g/mol. The number of benzene rings is 3. The molecule has 1 aliphatic rings.